The first kappa shape index (κ1) is 14.0. The number of fused-ring (bicyclic) bond motifs is 1. The Morgan fingerprint density at radius 3 is 2.32 bits per heavy atom. The van der Waals surface area contributed by atoms with E-state index in [1.165, 1.54) is 0 Å². The highest BCUT2D eigenvalue weighted by Crippen LogP contribution is 2.33. The predicted octanol–water partition coefficient (Wildman–Crippen LogP) is 2.25. The van der Waals surface area contributed by atoms with E-state index < -0.39 is 30.3 Å². The van der Waals surface area contributed by atoms with Gasteiger partial charge in [0, 0.05) is 12.1 Å². The van der Waals surface area contributed by atoms with Crippen molar-refractivity contribution in [2.75, 3.05) is 6.54 Å². The Hall–Kier alpha value is -1.38. The van der Waals surface area contributed by atoms with Crippen LogP contribution in [0.25, 0.3) is 0 Å². The topological polar surface area (TPSA) is 37.8 Å². The molecule has 0 aliphatic carbocycles. The maximum atomic E-state index is 12.8. The second kappa shape index (κ2) is 4.62. The average Bonchev–Trinajstić information content (AvgIpc) is 2.24. The lowest BCUT2D eigenvalue weighted by Gasteiger charge is -2.21. The van der Waals surface area contributed by atoms with Crippen molar-refractivity contribution in [3.63, 3.8) is 0 Å². The fraction of sp³-hybridized carbons (Fsp3) is 0.600. The maximum Gasteiger partial charge on any atom is 0.433 e. The first-order valence-electron chi connectivity index (χ1n) is 5.40. The number of aromatic nitrogens is 2. The zero-order valence-corrected chi connectivity index (χ0v) is 9.49. The Bertz CT molecular complexity index is 479. The highest BCUT2D eigenvalue weighted by Gasteiger charge is 2.39. The van der Waals surface area contributed by atoms with E-state index in [4.69, 9.17) is 0 Å². The van der Waals surface area contributed by atoms with Crippen molar-refractivity contribution in [3.8, 4) is 0 Å². The minimum Gasteiger partial charge on any atom is -0.311 e. The van der Waals surface area contributed by atoms with Crippen LogP contribution >= 0.6 is 0 Å². The standard InChI is InChI=1S/C10H9F6N3/c11-9(12,13)3-7-18-6-4-17-2-1-5(6)8(19-7)10(14,15)16/h17H,1-4H2. The van der Waals surface area contributed by atoms with E-state index in [0.717, 1.165) is 0 Å². The largest absolute Gasteiger partial charge is 0.433 e. The Balaban J connectivity index is 2.48. The maximum absolute atomic E-state index is 12.8. The van der Waals surface area contributed by atoms with Crippen LogP contribution in [0.4, 0.5) is 26.3 Å². The lowest BCUT2D eigenvalue weighted by atomic mass is 10.0. The van der Waals surface area contributed by atoms with Gasteiger partial charge in [-0.1, -0.05) is 0 Å². The molecule has 1 aromatic heterocycles. The number of nitrogens with one attached hydrogen (secondary N) is 1. The Labute approximate surface area is 104 Å². The SMILES string of the molecule is FC(F)(F)Cc1nc2c(c(C(F)(F)F)n1)CCNC2. The summed E-state index contributed by atoms with van der Waals surface area (Å²) in [5, 5.41) is 2.77. The molecule has 1 aromatic rings. The molecule has 0 amide bonds. The zero-order valence-electron chi connectivity index (χ0n) is 9.49. The van der Waals surface area contributed by atoms with E-state index in [1.807, 2.05) is 0 Å². The van der Waals surface area contributed by atoms with E-state index in [-0.39, 0.29) is 24.2 Å². The van der Waals surface area contributed by atoms with Crippen molar-refractivity contribution in [3.05, 3.63) is 22.8 Å². The van der Waals surface area contributed by atoms with E-state index >= 15 is 0 Å². The van der Waals surface area contributed by atoms with Crippen molar-refractivity contribution >= 4 is 0 Å². The van der Waals surface area contributed by atoms with Gasteiger partial charge in [-0.15, -0.1) is 0 Å². The van der Waals surface area contributed by atoms with Gasteiger partial charge in [0.2, 0.25) is 0 Å². The summed E-state index contributed by atoms with van der Waals surface area (Å²) in [7, 11) is 0. The molecule has 9 heteroatoms. The summed E-state index contributed by atoms with van der Waals surface area (Å²) in [5.41, 5.74) is -1.37. The number of hydrogen-bond acceptors (Lipinski definition) is 3. The molecular weight excluding hydrogens is 276 g/mol. The summed E-state index contributed by atoms with van der Waals surface area (Å²) in [5.74, 6) is -0.845. The summed E-state index contributed by atoms with van der Waals surface area (Å²) in [6, 6.07) is 0. The van der Waals surface area contributed by atoms with Crippen LogP contribution in [0, 0.1) is 0 Å². The Kier molecular flexibility index (Phi) is 3.41. The minimum absolute atomic E-state index is 0.00664. The van der Waals surface area contributed by atoms with Gasteiger partial charge in [-0.25, -0.2) is 9.97 Å². The summed E-state index contributed by atoms with van der Waals surface area (Å²) < 4.78 is 75.1. The van der Waals surface area contributed by atoms with Crippen LogP contribution in [-0.2, 0) is 25.6 Å². The minimum atomic E-state index is -4.77. The molecule has 19 heavy (non-hydrogen) atoms. The molecule has 0 aromatic carbocycles. The lowest BCUT2D eigenvalue weighted by Crippen LogP contribution is -2.30. The van der Waals surface area contributed by atoms with Gasteiger partial charge >= 0.3 is 12.4 Å². The molecule has 1 aliphatic rings. The van der Waals surface area contributed by atoms with E-state index in [9.17, 15) is 26.3 Å². The van der Waals surface area contributed by atoms with Crippen molar-refractivity contribution in [1.82, 2.24) is 15.3 Å². The molecule has 2 rings (SSSR count). The third kappa shape index (κ3) is 3.34. The number of alkyl halides is 6. The van der Waals surface area contributed by atoms with E-state index in [2.05, 4.69) is 15.3 Å². The van der Waals surface area contributed by atoms with Crippen molar-refractivity contribution < 1.29 is 26.3 Å². The third-order valence-corrected chi connectivity index (χ3v) is 2.61. The fourth-order valence-electron chi connectivity index (χ4n) is 1.90. The highest BCUT2D eigenvalue weighted by atomic mass is 19.4. The van der Waals surface area contributed by atoms with Crippen LogP contribution in [0.15, 0.2) is 0 Å². The molecule has 106 valence electrons. The van der Waals surface area contributed by atoms with Gasteiger partial charge in [0.15, 0.2) is 5.69 Å². The van der Waals surface area contributed by atoms with Crippen LogP contribution in [0.3, 0.4) is 0 Å². The molecule has 1 N–H and O–H groups in total. The van der Waals surface area contributed by atoms with Gasteiger partial charge in [0.05, 0.1) is 5.69 Å². The molecule has 0 bridgehead atoms. The van der Waals surface area contributed by atoms with Crippen LogP contribution in [-0.4, -0.2) is 22.7 Å². The quantitative estimate of drug-likeness (QED) is 0.804. The second-order valence-electron chi connectivity index (χ2n) is 4.13. The summed E-state index contributed by atoms with van der Waals surface area (Å²) in [6.45, 7) is 0.337. The first-order chi connectivity index (χ1) is 8.67. The fourth-order valence-corrected chi connectivity index (χ4v) is 1.90. The summed E-state index contributed by atoms with van der Waals surface area (Å²) in [6.07, 6.45) is -10.9. The number of halogens is 6. The molecule has 0 radical (unpaired) electrons. The van der Waals surface area contributed by atoms with Crippen molar-refractivity contribution in [2.45, 2.75) is 31.7 Å². The number of nitrogens with zero attached hydrogens (tertiary/aromatic N) is 2. The van der Waals surface area contributed by atoms with Gasteiger partial charge in [0.25, 0.3) is 0 Å². The second-order valence-corrected chi connectivity index (χ2v) is 4.13. The molecule has 0 unspecified atom stereocenters. The van der Waals surface area contributed by atoms with Gasteiger partial charge in [-0.3, -0.25) is 0 Å². The normalized spacial score (nSPS) is 16.3. The van der Waals surface area contributed by atoms with Crippen LogP contribution in [0.5, 0.6) is 0 Å². The van der Waals surface area contributed by atoms with Crippen LogP contribution in [0.2, 0.25) is 0 Å². The van der Waals surface area contributed by atoms with Crippen LogP contribution in [0.1, 0.15) is 22.8 Å². The predicted molar refractivity (Wildman–Crippen MR) is 52.2 cm³/mol. The molecule has 0 saturated heterocycles. The third-order valence-electron chi connectivity index (χ3n) is 2.61. The average molecular weight is 285 g/mol. The van der Waals surface area contributed by atoms with Gasteiger partial charge in [-0.05, 0) is 13.0 Å². The molecule has 0 atom stereocenters. The molecule has 3 nitrogen and oxygen atoms in total. The first-order valence-corrected chi connectivity index (χ1v) is 5.40. The zero-order chi connectivity index (χ0) is 14.3. The van der Waals surface area contributed by atoms with E-state index in [1.54, 1.807) is 0 Å². The van der Waals surface area contributed by atoms with Crippen LogP contribution < -0.4 is 5.32 Å². The molecule has 0 spiro atoms. The smallest absolute Gasteiger partial charge is 0.311 e. The van der Waals surface area contributed by atoms with Crippen molar-refractivity contribution in [2.24, 2.45) is 0 Å². The molecule has 2 heterocycles. The summed E-state index contributed by atoms with van der Waals surface area (Å²) >= 11 is 0. The number of hydrogen-bond donors (Lipinski definition) is 1. The van der Waals surface area contributed by atoms with Gasteiger partial charge in [-0.2, -0.15) is 26.3 Å². The Morgan fingerprint density at radius 1 is 1.05 bits per heavy atom. The summed E-state index contributed by atoms with van der Waals surface area (Å²) in [4.78, 5) is 6.64. The van der Waals surface area contributed by atoms with Crippen molar-refractivity contribution in [1.29, 1.82) is 0 Å². The Morgan fingerprint density at radius 2 is 1.74 bits per heavy atom. The molecule has 0 fully saturated rings. The molecular formula is C10H9F6N3. The van der Waals surface area contributed by atoms with E-state index in [0.29, 0.717) is 6.54 Å². The van der Waals surface area contributed by atoms with Gasteiger partial charge < -0.3 is 5.32 Å². The lowest BCUT2D eigenvalue weighted by molar-refractivity contribution is -0.144. The van der Waals surface area contributed by atoms with Gasteiger partial charge in [0.1, 0.15) is 12.2 Å². The number of rotatable bonds is 1. The monoisotopic (exact) mass is 285 g/mol. The molecule has 1 aliphatic heterocycles. The highest BCUT2D eigenvalue weighted by molar-refractivity contribution is 5.30. The molecule has 0 saturated carbocycles.